The van der Waals surface area contributed by atoms with E-state index in [1.165, 1.54) is 17.8 Å². The predicted molar refractivity (Wildman–Crippen MR) is 117 cm³/mol. The molecule has 162 valence electrons. The van der Waals surface area contributed by atoms with Crippen LogP contribution < -0.4 is 5.32 Å². The van der Waals surface area contributed by atoms with Crippen LogP contribution in [0.15, 0.2) is 53.7 Å². The molecule has 0 saturated carbocycles. The highest BCUT2D eigenvalue weighted by Gasteiger charge is 2.17. The fraction of sp³-hybridized carbons (Fsp3) is 0.143. The van der Waals surface area contributed by atoms with Gasteiger partial charge in [-0.15, -0.1) is 5.10 Å². The third kappa shape index (κ3) is 4.42. The zero-order chi connectivity index (χ0) is 22.8. The van der Waals surface area contributed by atoms with E-state index in [1.54, 1.807) is 22.7 Å². The second kappa shape index (κ2) is 8.71. The lowest BCUT2D eigenvalue weighted by molar-refractivity contribution is -0.387. The molecule has 2 heterocycles. The van der Waals surface area contributed by atoms with Crippen molar-refractivity contribution in [2.24, 2.45) is 0 Å². The number of benzene rings is 2. The number of nitro groups is 1. The van der Waals surface area contributed by atoms with Crippen LogP contribution >= 0.6 is 11.8 Å². The van der Waals surface area contributed by atoms with Gasteiger partial charge in [0, 0.05) is 34.5 Å². The van der Waals surface area contributed by atoms with Crippen LogP contribution in [0.4, 0.5) is 15.8 Å². The van der Waals surface area contributed by atoms with Gasteiger partial charge in [-0.25, -0.2) is 9.50 Å². The van der Waals surface area contributed by atoms with Crippen LogP contribution in [0, 0.1) is 29.8 Å². The van der Waals surface area contributed by atoms with Gasteiger partial charge in [-0.1, -0.05) is 30.0 Å². The standard InChI is InChI=1S/C21H17FN6O3S/c1-12-9-13(2)27-20(23-12)25-21(26-27)32-11-14-5-3-4-6-16(14)19(29)24-15-7-8-17(22)18(10-15)28(30)31/h3-10H,11H2,1-2H3,(H,24,29). The fourth-order valence-electron chi connectivity index (χ4n) is 3.15. The molecule has 0 radical (unpaired) electrons. The summed E-state index contributed by atoms with van der Waals surface area (Å²) in [7, 11) is 0. The van der Waals surface area contributed by atoms with Crippen LogP contribution in [-0.2, 0) is 5.75 Å². The van der Waals surface area contributed by atoms with E-state index >= 15 is 0 Å². The quantitative estimate of drug-likeness (QED) is 0.263. The monoisotopic (exact) mass is 452 g/mol. The molecule has 0 saturated heterocycles. The van der Waals surface area contributed by atoms with Crippen molar-refractivity contribution in [1.82, 2.24) is 19.6 Å². The number of carbonyl (C=O) groups excluding carboxylic acids is 1. The molecule has 2 aromatic carbocycles. The molecule has 4 aromatic rings. The number of aryl methyl sites for hydroxylation is 2. The molecular weight excluding hydrogens is 435 g/mol. The van der Waals surface area contributed by atoms with E-state index < -0.39 is 22.3 Å². The van der Waals surface area contributed by atoms with E-state index in [0.717, 1.165) is 29.1 Å². The average molecular weight is 452 g/mol. The number of nitro benzene ring substituents is 1. The molecule has 0 fully saturated rings. The van der Waals surface area contributed by atoms with Crippen LogP contribution in [0.2, 0.25) is 0 Å². The fourth-order valence-corrected chi connectivity index (χ4v) is 3.97. The zero-order valence-corrected chi connectivity index (χ0v) is 17.9. The number of amides is 1. The predicted octanol–water partition coefficient (Wildman–Crippen LogP) is 4.33. The van der Waals surface area contributed by atoms with Crippen LogP contribution in [0.5, 0.6) is 0 Å². The van der Waals surface area contributed by atoms with Gasteiger partial charge in [0.05, 0.1) is 4.92 Å². The summed E-state index contributed by atoms with van der Waals surface area (Å²) in [6, 6.07) is 12.1. The summed E-state index contributed by atoms with van der Waals surface area (Å²) >= 11 is 1.36. The van der Waals surface area contributed by atoms with E-state index in [0.29, 0.717) is 22.3 Å². The van der Waals surface area contributed by atoms with E-state index in [-0.39, 0.29) is 5.69 Å². The van der Waals surface area contributed by atoms with Crippen molar-refractivity contribution in [2.45, 2.75) is 24.8 Å². The van der Waals surface area contributed by atoms with Gasteiger partial charge in [0.2, 0.25) is 11.0 Å². The van der Waals surface area contributed by atoms with Crippen LogP contribution in [0.1, 0.15) is 27.3 Å². The number of thioether (sulfide) groups is 1. The van der Waals surface area contributed by atoms with Crippen molar-refractivity contribution >= 4 is 34.8 Å². The first-order valence-corrected chi connectivity index (χ1v) is 10.5. The number of hydrogen-bond acceptors (Lipinski definition) is 7. The molecule has 0 atom stereocenters. The summed E-state index contributed by atoms with van der Waals surface area (Å²) in [5.41, 5.74) is 2.31. The van der Waals surface area contributed by atoms with E-state index in [2.05, 4.69) is 20.4 Å². The van der Waals surface area contributed by atoms with Crippen molar-refractivity contribution in [1.29, 1.82) is 0 Å². The second-order valence-electron chi connectivity index (χ2n) is 6.97. The molecule has 0 bridgehead atoms. The maximum Gasteiger partial charge on any atom is 0.306 e. The van der Waals surface area contributed by atoms with E-state index in [4.69, 9.17) is 0 Å². The third-order valence-corrected chi connectivity index (χ3v) is 5.50. The Bertz CT molecular complexity index is 1360. The van der Waals surface area contributed by atoms with Gasteiger partial charge in [-0.05, 0) is 43.7 Å². The van der Waals surface area contributed by atoms with Crippen molar-refractivity contribution in [3.8, 4) is 0 Å². The summed E-state index contributed by atoms with van der Waals surface area (Å²) in [6.45, 7) is 3.81. The normalized spacial score (nSPS) is 11.0. The Morgan fingerprint density at radius 2 is 1.97 bits per heavy atom. The van der Waals surface area contributed by atoms with Crippen LogP contribution in [-0.4, -0.2) is 30.4 Å². The topological polar surface area (TPSA) is 115 Å². The minimum atomic E-state index is -0.968. The Hall–Kier alpha value is -3.86. The molecule has 0 aliphatic rings. The first kappa shape index (κ1) is 21.4. The Kier molecular flexibility index (Phi) is 5.82. The highest BCUT2D eigenvalue weighted by atomic mass is 32.2. The smallest absolute Gasteiger partial charge is 0.306 e. The van der Waals surface area contributed by atoms with Gasteiger partial charge in [0.25, 0.3) is 11.7 Å². The number of aromatic nitrogens is 4. The summed E-state index contributed by atoms with van der Waals surface area (Å²) in [6.07, 6.45) is 0. The van der Waals surface area contributed by atoms with Gasteiger partial charge < -0.3 is 5.32 Å². The molecule has 0 aliphatic heterocycles. The highest BCUT2D eigenvalue weighted by molar-refractivity contribution is 7.98. The summed E-state index contributed by atoms with van der Waals surface area (Å²) in [5.74, 6) is -0.501. The number of nitrogens with zero attached hydrogens (tertiary/aromatic N) is 5. The number of rotatable bonds is 6. The molecule has 2 aromatic heterocycles. The van der Waals surface area contributed by atoms with Crippen molar-refractivity contribution in [2.75, 3.05) is 5.32 Å². The maximum atomic E-state index is 13.6. The molecule has 1 amide bonds. The van der Waals surface area contributed by atoms with E-state index in [9.17, 15) is 19.3 Å². The number of carbonyl (C=O) groups is 1. The molecule has 0 unspecified atom stereocenters. The van der Waals surface area contributed by atoms with Gasteiger partial charge in [0.1, 0.15) is 0 Å². The van der Waals surface area contributed by atoms with Gasteiger partial charge in [-0.3, -0.25) is 14.9 Å². The Balaban J connectivity index is 1.53. The lowest BCUT2D eigenvalue weighted by atomic mass is 10.1. The second-order valence-corrected chi connectivity index (χ2v) is 7.91. The molecule has 0 spiro atoms. The first-order chi connectivity index (χ1) is 15.3. The lowest BCUT2D eigenvalue weighted by Crippen LogP contribution is -2.14. The maximum absolute atomic E-state index is 13.6. The minimum absolute atomic E-state index is 0.129. The van der Waals surface area contributed by atoms with Gasteiger partial charge in [-0.2, -0.15) is 9.37 Å². The summed E-state index contributed by atoms with van der Waals surface area (Å²) in [5, 5.41) is 18.5. The number of fused-ring (bicyclic) bond motifs is 1. The number of anilines is 1. The molecule has 4 rings (SSSR count). The number of nitrogens with one attached hydrogen (secondary N) is 1. The van der Waals surface area contributed by atoms with Crippen LogP contribution in [0.3, 0.4) is 0 Å². The molecule has 11 heteroatoms. The Labute approximate surface area is 185 Å². The summed E-state index contributed by atoms with van der Waals surface area (Å²) in [4.78, 5) is 31.7. The largest absolute Gasteiger partial charge is 0.322 e. The van der Waals surface area contributed by atoms with Crippen molar-refractivity contribution < 1.29 is 14.1 Å². The molecule has 9 nitrogen and oxygen atoms in total. The molecule has 0 aliphatic carbocycles. The first-order valence-electron chi connectivity index (χ1n) is 9.49. The average Bonchev–Trinajstić information content (AvgIpc) is 3.17. The van der Waals surface area contributed by atoms with Crippen molar-refractivity contribution in [3.05, 3.63) is 87.0 Å². The van der Waals surface area contributed by atoms with E-state index in [1.807, 2.05) is 26.0 Å². The SMILES string of the molecule is Cc1cc(C)n2nc(SCc3ccccc3C(=O)Nc3ccc(F)c([N+](=O)[O-])c3)nc2n1. The number of hydrogen-bond donors (Lipinski definition) is 1. The zero-order valence-electron chi connectivity index (χ0n) is 17.1. The van der Waals surface area contributed by atoms with Gasteiger partial charge >= 0.3 is 5.69 Å². The Morgan fingerprint density at radius 3 is 2.75 bits per heavy atom. The third-order valence-electron chi connectivity index (χ3n) is 4.62. The Morgan fingerprint density at radius 1 is 1.19 bits per heavy atom. The van der Waals surface area contributed by atoms with Crippen LogP contribution in [0.25, 0.3) is 5.78 Å². The van der Waals surface area contributed by atoms with Crippen molar-refractivity contribution in [3.63, 3.8) is 0 Å². The molecule has 1 N–H and O–H groups in total. The summed E-state index contributed by atoms with van der Waals surface area (Å²) < 4.78 is 15.2. The molecular formula is C21H17FN6O3S. The molecule has 32 heavy (non-hydrogen) atoms. The minimum Gasteiger partial charge on any atom is -0.322 e. The highest BCUT2D eigenvalue weighted by Crippen LogP contribution is 2.25. The van der Waals surface area contributed by atoms with Gasteiger partial charge in [0.15, 0.2) is 0 Å². The number of halogens is 1. The lowest BCUT2D eigenvalue weighted by Gasteiger charge is -2.09.